The molecule has 37 heavy (non-hydrogen) atoms. The van der Waals surface area contributed by atoms with Crippen molar-refractivity contribution in [3.8, 4) is 5.75 Å². The lowest BCUT2D eigenvalue weighted by atomic mass is 9.95. The minimum atomic E-state index is -0.702. The van der Waals surface area contributed by atoms with E-state index in [0.717, 1.165) is 16.7 Å². The number of benzene rings is 4. The van der Waals surface area contributed by atoms with Crippen LogP contribution in [-0.4, -0.2) is 28.2 Å². The fourth-order valence-electron chi connectivity index (χ4n) is 4.59. The van der Waals surface area contributed by atoms with Gasteiger partial charge in [-0.05, 0) is 35.2 Å². The second kappa shape index (κ2) is 11.0. The first-order chi connectivity index (χ1) is 18.1. The van der Waals surface area contributed by atoms with Gasteiger partial charge in [-0.2, -0.15) is 0 Å². The smallest absolute Gasteiger partial charge is 0.295 e. The molecule has 1 aliphatic rings. The molecule has 5 heteroatoms. The van der Waals surface area contributed by atoms with Crippen LogP contribution in [0.3, 0.4) is 0 Å². The number of ether oxygens (including phenoxy) is 1. The van der Waals surface area contributed by atoms with E-state index in [0.29, 0.717) is 30.9 Å². The Morgan fingerprint density at radius 1 is 0.730 bits per heavy atom. The Hall–Kier alpha value is -4.64. The van der Waals surface area contributed by atoms with E-state index in [9.17, 15) is 14.7 Å². The van der Waals surface area contributed by atoms with Gasteiger partial charge in [-0.1, -0.05) is 103 Å². The number of hydrogen-bond acceptors (Lipinski definition) is 4. The molecule has 1 fully saturated rings. The maximum Gasteiger partial charge on any atom is 0.295 e. The molecule has 5 nitrogen and oxygen atoms in total. The molecule has 184 valence electrons. The van der Waals surface area contributed by atoms with Crippen molar-refractivity contribution in [1.82, 2.24) is 4.90 Å². The van der Waals surface area contributed by atoms with Gasteiger partial charge < -0.3 is 14.7 Å². The number of carbonyl (C=O) groups excluding carboxylic acids is 2. The SMILES string of the molecule is O=C1C(=O)N(CCc2ccccc2)C(c2ccc(OCc3ccccc3)cc2)/C1=C(\O)c1ccccc1. The number of carbonyl (C=O) groups is 2. The molecule has 0 spiro atoms. The summed E-state index contributed by atoms with van der Waals surface area (Å²) in [4.78, 5) is 28.0. The van der Waals surface area contributed by atoms with Gasteiger partial charge in [0, 0.05) is 12.1 Å². The summed E-state index contributed by atoms with van der Waals surface area (Å²) >= 11 is 0. The average molecular weight is 490 g/mol. The van der Waals surface area contributed by atoms with Gasteiger partial charge in [-0.15, -0.1) is 0 Å². The van der Waals surface area contributed by atoms with E-state index in [1.165, 1.54) is 0 Å². The Kier molecular flexibility index (Phi) is 7.13. The van der Waals surface area contributed by atoms with Crippen molar-refractivity contribution in [2.45, 2.75) is 19.1 Å². The van der Waals surface area contributed by atoms with Crippen LogP contribution >= 0.6 is 0 Å². The normalized spacial score (nSPS) is 16.6. The van der Waals surface area contributed by atoms with Gasteiger partial charge in [-0.3, -0.25) is 9.59 Å². The minimum absolute atomic E-state index is 0.0993. The molecule has 4 aromatic carbocycles. The summed E-state index contributed by atoms with van der Waals surface area (Å²) in [6, 6.07) is 35.2. The van der Waals surface area contributed by atoms with Gasteiger partial charge in [0.25, 0.3) is 11.7 Å². The van der Waals surface area contributed by atoms with Crippen LogP contribution < -0.4 is 4.74 Å². The third kappa shape index (κ3) is 5.31. The zero-order chi connectivity index (χ0) is 25.6. The first-order valence-corrected chi connectivity index (χ1v) is 12.3. The minimum Gasteiger partial charge on any atom is -0.507 e. The number of likely N-dealkylation sites (tertiary alicyclic amines) is 1. The van der Waals surface area contributed by atoms with Gasteiger partial charge in [0.1, 0.15) is 18.1 Å². The summed E-state index contributed by atoms with van der Waals surface area (Å²) in [6.07, 6.45) is 0.591. The lowest BCUT2D eigenvalue weighted by Gasteiger charge is -2.25. The lowest BCUT2D eigenvalue weighted by molar-refractivity contribution is -0.139. The van der Waals surface area contributed by atoms with Gasteiger partial charge in [0.05, 0.1) is 11.6 Å². The Labute approximate surface area is 216 Å². The summed E-state index contributed by atoms with van der Waals surface area (Å²) in [6.45, 7) is 0.779. The highest BCUT2D eigenvalue weighted by atomic mass is 16.5. The molecular formula is C32H27NO4. The predicted molar refractivity (Wildman–Crippen MR) is 143 cm³/mol. The summed E-state index contributed by atoms with van der Waals surface area (Å²) in [5, 5.41) is 11.2. The third-order valence-electron chi connectivity index (χ3n) is 6.52. The number of amides is 1. The second-order valence-corrected chi connectivity index (χ2v) is 8.94. The van der Waals surface area contributed by atoms with Gasteiger partial charge in [0.15, 0.2) is 0 Å². The molecule has 0 saturated carbocycles. The van der Waals surface area contributed by atoms with Crippen molar-refractivity contribution in [3.63, 3.8) is 0 Å². The largest absolute Gasteiger partial charge is 0.507 e. The van der Waals surface area contributed by atoms with E-state index >= 15 is 0 Å². The van der Waals surface area contributed by atoms with Gasteiger partial charge in [0.2, 0.25) is 0 Å². The molecule has 5 rings (SSSR count). The Morgan fingerprint density at radius 3 is 1.92 bits per heavy atom. The number of Topliss-reactive ketones (excluding diaryl/α,β-unsaturated/α-hetero) is 1. The molecule has 1 unspecified atom stereocenters. The highest BCUT2D eigenvalue weighted by molar-refractivity contribution is 6.46. The van der Waals surface area contributed by atoms with E-state index in [1.807, 2.05) is 91.0 Å². The molecular weight excluding hydrogens is 462 g/mol. The van der Waals surface area contributed by atoms with Gasteiger partial charge in [-0.25, -0.2) is 0 Å². The molecule has 4 aromatic rings. The second-order valence-electron chi connectivity index (χ2n) is 8.94. The molecule has 0 radical (unpaired) electrons. The van der Waals surface area contributed by atoms with Crippen LogP contribution in [0.4, 0.5) is 0 Å². The standard InChI is InChI=1S/C32H27NO4/c34-30(26-14-8-3-9-15-26)28-29(33(32(36)31(28)35)21-20-23-10-4-1-5-11-23)25-16-18-27(19-17-25)37-22-24-12-6-2-7-13-24/h1-19,29,34H,20-22H2/b30-28+. The van der Waals surface area contributed by atoms with Crippen LogP contribution in [0, 0.1) is 0 Å². The third-order valence-corrected chi connectivity index (χ3v) is 6.52. The first-order valence-electron chi connectivity index (χ1n) is 12.3. The van der Waals surface area contributed by atoms with Crippen LogP contribution in [0.2, 0.25) is 0 Å². The number of aliphatic hydroxyl groups is 1. The Balaban J connectivity index is 1.46. The highest BCUT2D eigenvalue weighted by Gasteiger charge is 2.45. The highest BCUT2D eigenvalue weighted by Crippen LogP contribution is 2.40. The van der Waals surface area contributed by atoms with E-state index in [4.69, 9.17) is 4.74 Å². The number of hydrogen-bond donors (Lipinski definition) is 1. The zero-order valence-corrected chi connectivity index (χ0v) is 20.3. The molecule has 1 N–H and O–H groups in total. The Bertz CT molecular complexity index is 1400. The lowest BCUT2D eigenvalue weighted by Crippen LogP contribution is -2.31. The molecule has 1 heterocycles. The summed E-state index contributed by atoms with van der Waals surface area (Å²) in [5.41, 5.74) is 3.45. The van der Waals surface area contributed by atoms with Crippen LogP contribution in [0.15, 0.2) is 121 Å². The fourth-order valence-corrected chi connectivity index (χ4v) is 4.59. The van der Waals surface area contributed by atoms with E-state index in [-0.39, 0.29) is 11.3 Å². The van der Waals surface area contributed by atoms with Crippen molar-refractivity contribution >= 4 is 17.4 Å². The van der Waals surface area contributed by atoms with Crippen LogP contribution in [-0.2, 0) is 22.6 Å². The number of nitrogens with zero attached hydrogens (tertiary/aromatic N) is 1. The monoisotopic (exact) mass is 489 g/mol. The van der Waals surface area contributed by atoms with Gasteiger partial charge >= 0.3 is 0 Å². The van der Waals surface area contributed by atoms with Crippen molar-refractivity contribution in [2.24, 2.45) is 0 Å². The molecule has 1 saturated heterocycles. The molecule has 0 bridgehead atoms. The maximum absolute atomic E-state index is 13.2. The van der Waals surface area contributed by atoms with Crippen molar-refractivity contribution in [3.05, 3.63) is 143 Å². The van der Waals surface area contributed by atoms with E-state index in [1.54, 1.807) is 29.2 Å². The number of aliphatic hydroxyl groups excluding tert-OH is 1. The van der Waals surface area contributed by atoms with Crippen molar-refractivity contribution < 1.29 is 19.4 Å². The van der Waals surface area contributed by atoms with Crippen LogP contribution in [0.1, 0.15) is 28.3 Å². The quantitative estimate of drug-likeness (QED) is 0.189. The Morgan fingerprint density at radius 2 is 1.30 bits per heavy atom. The summed E-state index contributed by atoms with van der Waals surface area (Å²) in [7, 11) is 0. The van der Waals surface area contributed by atoms with Crippen molar-refractivity contribution in [2.75, 3.05) is 6.54 Å². The van der Waals surface area contributed by atoms with E-state index < -0.39 is 17.7 Å². The first kappa shape index (κ1) is 24.1. The average Bonchev–Trinajstić information content (AvgIpc) is 3.21. The molecule has 1 atom stereocenters. The fraction of sp³-hybridized carbons (Fsp3) is 0.125. The number of ketones is 1. The molecule has 0 aromatic heterocycles. The molecule has 1 aliphatic heterocycles. The molecule has 1 amide bonds. The van der Waals surface area contributed by atoms with Crippen LogP contribution in [0.5, 0.6) is 5.75 Å². The van der Waals surface area contributed by atoms with E-state index in [2.05, 4.69) is 0 Å². The van der Waals surface area contributed by atoms with Crippen molar-refractivity contribution in [1.29, 1.82) is 0 Å². The number of rotatable bonds is 8. The zero-order valence-electron chi connectivity index (χ0n) is 20.3. The maximum atomic E-state index is 13.2. The molecule has 0 aliphatic carbocycles. The topological polar surface area (TPSA) is 66.8 Å². The summed E-state index contributed by atoms with van der Waals surface area (Å²) < 4.78 is 5.92. The predicted octanol–water partition coefficient (Wildman–Crippen LogP) is 5.93. The summed E-state index contributed by atoms with van der Waals surface area (Å²) in [5.74, 6) is -0.779. The van der Waals surface area contributed by atoms with Crippen LogP contribution in [0.25, 0.3) is 5.76 Å².